The first kappa shape index (κ1) is 19.1. The maximum absolute atomic E-state index is 6.18. The molecule has 0 atom stereocenters. The lowest BCUT2D eigenvalue weighted by Gasteiger charge is -2.32. The molecular weight excluding hydrogens is 458 g/mol. The van der Waals surface area contributed by atoms with Gasteiger partial charge in [-0.25, -0.2) is 0 Å². The molecule has 2 nitrogen and oxygen atoms in total. The molecule has 6 rings (SSSR count). The maximum atomic E-state index is 6.18. The van der Waals surface area contributed by atoms with E-state index in [1.807, 2.05) is 6.07 Å². The predicted octanol–water partition coefficient (Wildman–Crippen LogP) is 8.42. The maximum Gasteiger partial charge on any atom is 0.165 e. The zero-order valence-electron chi connectivity index (χ0n) is 17.3. The quantitative estimate of drug-likeness (QED) is 0.258. The molecule has 1 aliphatic heterocycles. The average Bonchev–Trinajstić information content (AvgIpc) is 2.86. The van der Waals surface area contributed by atoms with Crippen LogP contribution in [0.3, 0.4) is 0 Å². The number of nitrogens with zero attached hydrogens (tertiary/aromatic N) is 1. The van der Waals surface area contributed by atoms with Crippen molar-refractivity contribution in [2.45, 2.75) is 0 Å². The fourth-order valence-corrected chi connectivity index (χ4v) is 5.07. The Labute approximate surface area is 195 Å². The number of ether oxygens (including phenoxy) is 1. The summed E-state index contributed by atoms with van der Waals surface area (Å²) in [4.78, 5) is 2.25. The third-order valence-electron chi connectivity index (χ3n) is 6.03. The van der Waals surface area contributed by atoms with Crippen LogP contribution in [0.2, 0.25) is 0 Å². The Morgan fingerprint density at radius 3 is 1.94 bits per heavy atom. The SMILES string of the molecule is Brc1cc(-c2ccccc2)c(-c2ccccc2)cc1N1COc2cccc3cccc1c23. The Morgan fingerprint density at radius 2 is 1.25 bits per heavy atom. The lowest BCUT2D eigenvalue weighted by molar-refractivity contribution is 0.324. The van der Waals surface area contributed by atoms with Gasteiger partial charge in [-0.15, -0.1) is 0 Å². The molecule has 0 aromatic heterocycles. The smallest absolute Gasteiger partial charge is 0.165 e. The van der Waals surface area contributed by atoms with E-state index in [1.165, 1.54) is 27.6 Å². The summed E-state index contributed by atoms with van der Waals surface area (Å²) < 4.78 is 7.22. The molecule has 3 heteroatoms. The van der Waals surface area contributed by atoms with Crippen LogP contribution in [0.4, 0.5) is 11.4 Å². The first-order chi connectivity index (χ1) is 15.8. The summed E-state index contributed by atoms with van der Waals surface area (Å²) >= 11 is 3.88. The monoisotopic (exact) mass is 477 g/mol. The van der Waals surface area contributed by atoms with Gasteiger partial charge in [0.2, 0.25) is 0 Å². The lowest BCUT2D eigenvalue weighted by atomic mass is 9.93. The highest BCUT2D eigenvalue weighted by molar-refractivity contribution is 9.10. The van der Waals surface area contributed by atoms with Crippen LogP contribution in [0.1, 0.15) is 0 Å². The number of anilines is 2. The summed E-state index contributed by atoms with van der Waals surface area (Å²) in [6, 6.07) is 38.3. The molecule has 1 aliphatic rings. The van der Waals surface area contributed by atoms with Crippen LogP contribution in [0.25, 0.3) is 33.0 Å². The summed E-state index contributed by atoms with van der Waals surface area (Å²) in [6.45, 7) is 0.466. The van der Waals surface area contributed by atoms with Crippen molar-refractivity contribution in [2.75, 3.05) is 11.6 Å². The van der Waals surface area contributed by atoms with Crippen LogP contribution in [0.15, 0.2) is 114 Å². The van der Waals surface area contributed by atoms with Crippen LogP contribution in [-0.2, 0) is 0 Å². The van der Waals surface area contributed by atoms with E-state index in [1.54, 1.807) is 0 Å². The van der Waals surface area contributed by atoms with E-state index in [2.05, 4.69) is 124 Å². The Bertz CT molecular complexity index is 1430. The number of halogens is 1. The molecule has 154 valence electrons. The van der Waals surface area contributed by atoms with Crippen molar-refractivity contribution in [3.05, 3.63) is 114 Å². The Kier molecular flexibility index (Phi) is 4.70. The van der Waals surface area contributed by atoms with Crippen molar-refractivity contribution < 1.29 is 4.74 Å². The van der Waals surface area contributed by atoms with Gasteiger partial charge in [0.15, 0.2) is 6.73 Å². The van der Waals surface area contributed by atoms with Crippen molar-refractivity contribution >= 4 is 38.1 Å². The van der Waals surface area contributed by atoms with Gasteiger partial charge in [0.25, 0.3) is 0 Å². The van der Waals surface area contributed by atoms with E-state index in [4.69, 9.17) is 4.74 Å². The van der Waals surface area contributed by atoms with Crippen LogP contribution in [0, 0.1) is 0 Å². The van der Waals surface area contributed by atoms with E-state index < -0.39 is 0 Å². The van der Waals surface area contributed by atoms with Gasteiger partial charge in [-0.3, -0.25) is 0 Å². The molecule has 0 fully saturated rings. The van der Waals surface area contributed by atoms with Crippen molar-refractivity contribution in [2.24, 2.45) is 0 Å². The average molecular weight is 478 g/mol. The molecule has 0 saturated heterocycles. The van der Waals surface area contributed by atoms with Crippen LogP contribution >= 0.6 is 15.9 Å². The first-order valence-electron chi connectivity index (χ1n) is 10.7. The topological polar surface area (TPSA) is 12.5 Å². The first-order valence-corrected chi connectivity index (χ1v) is 11.5. The van der Waals surface area contributed by atoms with E-state index in [9.17, 15) is 0 Å². The molecule has 0 spiro atoms. The standard InChI is InChI=1S/C29H20BrNO/c30-25-17-23(20-9-3-1-4-10-20)24(21-11-5-2-6-12-21)18-27(25)31-19-32-28-16-8-14-22-13-7-15-26(31)29(22)28/h1-18H,19H2. The minimum Gasteiger partial charge on any atom is -0.472 e. The lowest BCUT2D eigenvalue weighted by Crippen LogP contribution is -2.26. The molecule has 5 aromatic rings. The number of benzene rings is 5. The van der Waals surface area contributed by atoms with E-state index >= 15 is 0 Å². The van der Waals surface area contributed by atoms with Crippen LogP contribution < -0.4 is 9.64 Å². The van der Waals surface area contributed by atoms with Crippen LogP contribution in [-0.4, -0.2) is 6.73 Å². The van der Waals surface area contributed by atoms with E-state index in [0.29, 0.717) is 6.73 Å². The largest absolute Gasteiger partial charge is 0.472 e. The third kappa shape index (κ3) is 3.17. The third-order valence-corrected chi connectivity index (χ3v) is 6.67. The molecule has 1 heterocycles. The summed E-state index contributed by atoms with van der Waals surface area (Å²) in [6.07, 6.45) is 0. The molecule has 5 aromatic carbocycles. The predicted molar refractivity (Wildman–Crippen MR) is 137 cm³/mol. The van der Waals surface area contributed by atoms with Gasteiger partial charge < -0.3 is 9.64 Å². The van der Waals surface area contributed by atoms with Gasteiger partial charge in [-0.05, 0) is 67.8 Å². The summed E-state index contributed by atoms with van der Waals surface area (Å²) in [7, 11) is 0. The van der Waals surface area contributed by atoms with Crippen molar-refractivity contribution in [1.29, 1.82) is 0 Å². The second-order valence-electron chi connectivity index (χ2n) is 7.91. The van der Waals surface area contributed by atoms with Gasteiger partial charge in [-0.1, -0.05) is 84.9 Å². The second-order valence-corrected chi connectivity index (χ2v) is 8.77. The highest BCUT2D eigenvalue weighted by Crippen LogP contribution is 2.46. The van der Waals surface area contributed by atoms with Gasteiger partial charge in [0.1, 0.15) is 5.75 Å². The zero-order chi connectivity index (χ0) is 21.5. The fourth-order valence-electron chi connectivity index (χ4n) is 4.52. The molecule has 0 unspecified atom stereocenters. The molecule has 0 saturated carbocycles. The van der Waals surface area contributed by atoms with E-state index in [0.717, 1.165) is 27.0 Å². The zero-order valence-corrected chi connectivity index (χ0v) is 18.9. The highest BCUT2D eigenvalue weighted by atomic mass is 79.9. The molecule has 0 amide bonds. The van der Waals surface area contributed by atoms with Crippen molar-refractivity contribution in [3.63, 3.8) is 0 Å². The second kappa shape index (κ2) is 7.85. The minimum atomic E-state index is 0.466. The minimum absolute atomic E-state index is 0.466. The molecule has 32 heavy (non-hydrogen) atoms. The summed E-state index contributed by atoms with van der Waals surface area (Å²) in [5, 5.41) is 2.34. The Morgan fingerprint density at radius 1 is 0.625 bits per heavy atom. The van der Waals surface area contributed by atoms with Gasteiger partial charge >= 0.3 is 0 Å². The summed E-state index contributed by atoms with van der Waals surface area (Å²) in [5.41, 5.74) is 7.03. The number of hydrogen-bond donors (Lipinski definition) is 0. The molecular formula is C29H20BrNO. The molecule has 0 bridgehead atoms. The highest BCUT2D eigenvalue weighted by Gasteiger charge is 2.24. The summed E-state index contributed by atoms with van der Waals surface area (Å²) in [5.74, 6) is 0.940. The molecule has 0 radical (unpaired) electrons. The Balaban J connectivity index is 1.58. The number of hydrogen-bond acceptors (Lipinski definition) is 2. The van der Waals surface area contributed by atoms with Crippen molar-refractivity contribution in [3.8, 4) is 28.0 Å². The van der Waals surface area contributed by atoms with Gasteiger partial charge in [0.05, 0.1) is 11.4 Å². The Hall–Kier alpha value is -3.56. The normalized spacial score (nSPS) is 12.6. The van der Waals surface area contributed by atoms with Gasteiger partial charge in [-0.2, -0.15) is 0 Å². The number of rotatable bonds is 3. The van der Waals surface area contributed by atoms with E-state index in [-0.39, 0.29) is 0 Å². The molecule has 0 N–H and O–H groups in total. The van der Waals surface area contributed by atoms with Crippen molar-refractivity contribution in [1.82, 2.24) is 0 Å². The van der Waals surface area contributed by atoms with Gasteiger partial charge in [0, 0.05) is 9.86 Å². The van der Waals surface area contributed by atoms with Crippen LogP contribution in [0.5, 0.6) is 5.75 Å². The fraction of sp³-hybridized carbons (Fsp3) is 0.0345. The molecule has 0 aliphatic carbocycles.